The molecule has 9 heteroatoms. The Morgan fingerprint density at radius 3 is 2.45 bits per heavy atom. The van der Waals surface area contributed by atoms with Crippen molar-refractivity contribution in [2.45, 2.75) is 32.0 Å². The number of aliphatic hydroxyl groups excluding tert-OH is 1. The molecule has 0 aromatic heterocycles. The number of anilines is 1. The molecule has 2 aliphatic rings. The summed E-state index contributed by atoms with van der Waals surface area (Å²) in [5.74, 6) is 2.26. The van der Waals surface area contributed by atoms with Crippen LogP contribution in [0.25, 0.3) is 0 Å². The van der Waals surface area contributed by atoms with Crippen molar-refractivity contribution in [3.8, 4) is 17.2 Å². The second kappa shape index (κ2) is 10.3. The van der Waals surface area contributed by atoms with E-state index in [0.717, 1.165) is 68.8 Å². The van der Waals surface area contributed by atoms with Gasteiger partial charge in [0.05, 0.1) is 21.7 Å². The Hall–Kier alpha value is -1.00. The molecule has 6 nitrogen and oxygen atoms in total. The van der Waals surface area contributed by atoms with Gasteiger partial charge in [0.1, 0.15) is 24.1 Å². The van der Waals surface area contributed by atoms with E-state index in [1.165, 1.54) is 0 Å². The number of rotatable bonds is 7. The lowest BCUT2D eigenvalue weighted by Gasteiger charge is -2.37. The van der Waals surface area contributed by atoms with Crippen molar-refractivity contribution < 1.29 is 19.3 Å². The summed E-state index contributed by atoms with van der Waals surface area (Å²) >= 11 is 10.9. The highest BCUT2D eigenvalue weighted by Crippen LogP contribution is 2.53. The van der Waals surface area contributed by atoms with Gasteiger partial charge in [-0.25, -0.2) is 0 Å². The van der Waals surface area contributed by atoms with Gasteiger partial charge in [0.15, 0.2) is 11.5 Å². The summed E-state index contributed by atoms with van der Waals surface area (Å²) in [6.45, 7) is 8.38. The summed E-state index contributed by atoms with van der Waals surface area (Å²) in [7, 11) is 1.70. The molecular weight excluding hydrogens is 620 g/mol. The Morgan fingerprint density at radius 1 is 1.06 bits per heavy atom. The van der Waals surface area contributed by atoms with Crippen LogP contribution < -0.4 is 19.1 Å². The van der Waals surface area contributed by atoms with Crippen LogP contribution >= 0.6 is 47.8 Å². The summed E-state index contributed by atoms with van der Waals surface area (Å²) in [5, 5.41) is 10.7. The van der Waals surface area contributed by atoms with E-state index in [9.17, 15) is 5.11 Å². The van der Waals surface area contributed by atoms with Gasteiger partial charge in [-0.05, 0) is 73.8 Å². The van der Waals surface area contributed by atoms with E-state index < -0.39 is 6.10 Å². The lowest BCUT2D eigenvalue weighted by Crippen LogP contribution is -2.49. The molecule has 2 heterocycles. The van der Waals surface area contributed by atoms with Crippen molar-refractivity contribution in [1.82, 2.24) is 4.90 Å². The average Bonchev–Trinajstić information content (AvgIpc) is 3.13. The van der Waals surface area contributed by atoms with Gasteiger partial charge in [-0.3, -0.25) is 4.90 Å². The number of hydrogen-bond acceptors (Lipinski definition) is 6. The van der Waals surface area contributed by atoms with Crippen LogP contribution in [-0.2, 0) is 6.42 Å². The number of piperazine rings is 1. The van der Waals surface area contributed by atoms with E-state index in [1.807, 2.05) is 18.2 Å². The van der Waals surface area contributed by atoms with E-state index in [2.05, 4.69) is 77.5 Å². The van der Waals surface area contributed by atoms with Gasteiger partial charge in [0.2, 0.25) is 0 Å². The highest BCUT2D eigenvalue weighted by Gasteiger charge is 2.37. The summed E-state index contributed by atoms with van der Waals surface area (Å²) in [6, 6.07) is 8.10. The second-order valence-corrected chi connectivity index (χ2v) is 11.4. The first-order valence-corrected chi connectivity index (χ1v) is 13.4. The fraction of sp³-hybridized carbons (Fsp3) is 0.500. The van der Waals surface area contributed by atoms with Gasteiger partial charge >= 0.3 is 0 Å². The molecule has 33 heavy (non-hydrogen) atoms. The van der Waals surface area contributed by atoms with Crippen LogP contribution in [0.1, 0.15) is 19.4 Å². The first-order chi connectivity index (χ1) is 15.7. The van der Waals surface area contributed by atoms with Crippen molar-refractivity contribution in [2.24, 2.45) is 0 Å². The highest BCUT2D eigenvalue weighted by molar-refractivity contribution is 9.14. The quantitative estimate of drug-likeness (QED) is 0.414. The SMILES string of the molecule is COc1ccccc1N1CCN(CC(O)COc2c(Br)c(Br)c(Br)c3c2OC(C)(C)C3)CC1. The Kier molecular flexibility index (Phi) is 7.85. The summed E-state index contributed by atoms with van der Waals surface area (Å²) < 4.78 is 20.4. The number of benzene rings is 2. The molecule has 1 fully saturated rings. The van der Waals surface area contributed by atoms with Gasteiger partial charge in [0, 0.05) is 49.2 Å². The minimum Gasteiger partial charge on any atom is -0.495 e. The third-order valence-electron chi connectivity index (χ3n) is 6.00. The number of nitrogens with zero attached hydrogens (tertiary/aromatic N) is 2. The molecule has 1 saturated heterocycles. The zero-order chi connectivity index (χ0) is 23.8. The van der Waals surface area contributed by atoms with Crippen molar-refractivity contribution in [2.75, 3.05) is 51.3 Å². The van der Waals surface area contributed by atoms with E-state index in [-0.39, 0.29) is 12.2 Å². The molecule has 0 radical (unpaired) electrons. The topological polar surface area (TPSA) is 54.4 Å². The smallest absolute Gasteiger partial charge is 0.177 e. The molecule has 2 aromatic carbocycles. The van der Waals surface area contributed by atoms with Crippen molar-refractivity contribution in [3.63, 3.8) is 0 Å². The zero-order valence-corrected chi connectivity index (χ0v) is 23.8. The number of ether oxygens (including phenoxy) is 3. The summed E-state index contributed by atoms with van der Waals surface area (Å²) in [4.78, 5) is 4.60. The fourth-order valence-electron chi connectivity index (χ4n) is 4.39. The minimum absolute atomic E-state index is 0.190. The Labute approximate surface area is 220 Å². The lowest BCUT2D eigenvalue weighted by molar-refractivity contribution is 0.0628. The van der Waals surface area contributed by atoms with Crippen LogP contribution in [0.3, 0.4) is 0 Å². The van der Waals surface area contributed by atoms with Gasteiger partial charge < -0.3 is 24.2 Å². The van der Waals surface area contributed by atoms with Gasteiger partial charge in [-0.2, -0.15) is 0 Å². The Balaban J connectivity index is 1.34. The maximum absolute atomic E-state index is 10.7. The number of aliphatic hydroxyl groups is 1. The predicted octanol–water partition coefficient (Wildman–Crippen LogP) is 5.26. The maximum Gasteiger partial charge on any atom is 0.177 e. The van der Waals surface area contributed by atoms with Crippen LogP contribution in [0.5, 0.6) is 17.2 Å². The first-order valence-electron chi connectivity index (χ1n) is 11.0. The van der Waals surface area contributed by atoms with Gasteiger partial charge in [-0.1, -0.05) is 12.1 Å². The second-order valence-electron chi connectivity index (χ2n) is 9.04. The first kappa shape index (κ1) is 25.1. The van der Waals surface area contributed by atoms with E-state index >= 15 is 0 Å². The molecule has 2 aromatic rings. The molecule has 0 saturated carbocycles. The predicted molar refractivity (Wildman–Crippen MR) is 141 cm³/mol. The largest absolute Gasteiger partial charge is 0.495 e. The molecule has 0 aliphatic carbocycles. The normalized spacial score (nSPS) is 18.6. The third kappa shape index (κ3) is 5.48. The van der Waals surface area contributed by atoms with Crippen molar-refractivity contribution in [3.05, 3.63) is 43.2 Å². The van der Waals surface area contributed by atoms with Crippen LogP contribution in [0.2, 0.25) is 0 Å². The average molecular weight is 649 g/mol. The fourth-order valence-corrected chi connectivity index (χ4v) is 6.09. The molecular formula is C24H29Br3N2O4. The monoisotopic (exact) mass is 646 g/mol. The minimum atomic E-state index is -0.609. The van der Waals surface area contributed by atoms with Crippen LogP contribution in [0, 0.1) is 0 Å². The van der Waals surface area contributed by atoms with E-state index in [1.54, 1.807) is 7.11 Å². The Morgan fingerprint density at radius 2 is 1.76 bits per heavy atom. The number of para-hydroxylation sites is 2. The number of β-amino-alcohol motifs (C(OH)–C–C–N with tert-alkyl or cyclic N) is 1. The number of fused-ring (bicyclic) bond motifs is 1. The van der Waals surface area contributed by atoms with Crippen molar-refractivity contribution >= 4 is 53.5 Å². The maximum atomic E-state index is 10.7. The van der Waals surface area contributed by atoms with Crippen LogP contribution in [-0.4, -0.2) is 68.2 Å². The van der Waals surface area contributed by atoms with E-state index in [4.69, 9.17) is 14.2 Å². The Bertz CT molecular complexity index is 1010. The zero-order valence-electron chi connectivity index (χ0n) is 19.0. The lowest BCUT2D eigenvalue weighted by atomic mass is 10.0. The molecule has 1 atom stereocenters. The standard InChI is InChI=1S/C24H29Br3N2O4/c1-24(2)12-16-19(25)20(26)21(27)23(22(16)33-24)32-14-15(30)13-28-8-10-29(11-9-28)17-6-4-5-7-18(17)31-3/h4-7,15,30H,8-14H2,1-3H3. The molecule has 1 unspecified atom stereocenters. The van der Waals surface area contributed by atoms with Crippen LogP contribution in [0.4, 0.5) is 5.69 Å². The summed E-state index contributed by atoms with van der Waals surface area (Å²) in [5.41, 5.74) is 1.89. The molecule has 0 amide bonds. The van der Waals surface area contributed by atoms with Crippen LogP contribution in [0.15, 0.2) is 37.7 Å². The molecule has 0 bridgehead atoms. The molecule has 0 spiro atoms. The van der Waals surface area contributed by atoms with Gasteiger partial charge in [-0.15, -0.1) is 0 Å². The molecule has 1 N–H and O–H groups in total. The number of halogens is 3. The number of hydrogen-bond donors (Lipinski definition) is 1. The van der Waals surface area contributed by atoms with Crippen molar-refractivity contribution in [1.29, 1.82) is 0 Å². The molecule has 4 rings (SSSR count). The molecule has 2 aliphatic heterocycles. The highest BCUT2D eigenvalue weighted by atomic mass is 79.9. The van der Waals surface area contributed by atoms with E-state index in [0.29, 0.717) is 12.3 Å². The third-order valence-corrected chi connectivity index (χ3v) is 9.49. The number of methoxy groups -OCH3 is 1. The summed E-state index contributed by atoms with van der Waals surface area (Å²) in [6.07, 6.45) is 0.173. The van der Waals surface area contributed by atoms with Gasteiger partial charge in [0.25, 0.3) is 0 Å². The molecule has 180 valence electrons.